The van der Waals surface area contributed by atoms with Gasteiger partial charge < -0.3 is 19.3 Å². The number of carbonyl (C=O) groups excluding carboxylic acids is 2. The van der Waals surface area contributed by atoms with Crippen LogP contribution in [0.15, 0.2) is 30.3 Å². The van der Waals surface area contributed by atoms with E-state index in [2.05, 4.69) is 0 Å². The van der Waals surface area contributed by atoms with Crippen molar-refractivity contribution in [3.8, 4) is 23.0 Å². The van der Waals surface area contributed by atoms with E-state index in [0.717, 1.165) is 0 Å². The summed E-state index contributed by atoms with van der Waals surface area (Å²) in [5, 5.41) is 10.0. The first-order valence-electron chi connectivity index (χ1n) is 8.55. The number of methoxy groups -OCH3 is 3. The summed E-state index contributed by atoms with van der Waals surface area (Å²) >= 11 is 0. The van der Waals surface area contributed by atoms with Crippen molar-refractivity contribution in [3.05, 3.63) is 47.0 Å². The van der Waals surface area contributed by atoms with Crippen LogP contribution in [-0.2, 0) is 4.79 Å². The minimum atomic E-state index is -0.449. The molecule has 6 heteroatoms. The number of phenolic OH excluding ortho intramolecular Hbond substituents is 1. The van der Waals surface area contributed by atoms with Gasteiger partial charge in [-0.3, -0.25) is 9.59 Å². The van der Waals surface area contributed by atoms with Crippen molar-refractivity contribution in [1.29, 1.82) is 0 Å². The van der Waals surface area contributed by atoms with E-state index in [1.165, 1.54) is 40.4 Å². The van der Waals surface area contributed by atoms with Crippen molar-refractivity contribution in [3.63, 3.8) is 0 Å². The number of ketones is 2. The number of phenols is 1. The number of hydrogen-bond acceptors (Lipinski definition) is 6. The maximum Gasteiger partial charge on any atom is 0.193 e. The van der Waals surface area contributed by atoms with Crippen LogP contribution in [-0.4, -0.2) is 38.0 Å². The first kappa shape index (κ1) is 20.3. The third-order valence-corrected chi connectivity index (χ3v) is 4.52. The van der Waals surface area contributed by atoms with Gasteiger partial charge >= 0.3 is 0 Å². The molecule has 0 radical (unpaired) electrons. The van der Waals surface area contributed by atoms with Crippen molar-refractivity contribution in [2.75, 3.05) is 21.3 Å². The Morgan fingerprint density at radius 1 is 0.963 bits per heavy atom. The quantitative estimate of drug-likeness (QED) is 0.711. The van der Waals surface area contributed by atoms with Gasteiger partial charge in [0.2, 0.25) is 0 Å². The highest BCUT2D eigenvalue weighted by atomic mass is 16.5. The normalized spacial score (nSPS) is 11.6. The Labute approximate surface area is 158 Å². The molecule has 27 heavy (non-hydrogen) atoms. The second-order valence-corrected chi connectivity index (χ2v) is 6.08. The Morgan fingerprint density at radius 2 is 1.56 bits per heavy atom. The molecule has 0 saturated carbocycles. The maximum atomic E-state index is 13.2. The zero-order chi connectivity index (χ0) is 20.1. The molecule has 0 aliphatic carbocycles. The Bertz CT molecular complexity index is 856. The summed E-state index contributed by atoms with van der Waals surface area (Å²) in [6.45, 7) is 3.38. The average Bonchev–Trinajstić information content (AvgIpc) is 2.67. The molecule has 1 unspecified atom stereocenters. The fourth-order valence-electron chi connectivity index (χ4n) is 3.09. The Morgan fingerprint density at radius 3 is 2.04 bits per heavy atom. The van der Waals surface area contributed by atoms with Crippen LogP contribution in [0.25, 0.3) is 0 Å². The first-order chi connectivity index (χ1) is 12.9. The zero-order valence-electron chi connectivity index (χ0n) is 16.2. The lowest BCUT2D eigenvalue weighted by atomic mass is 9.86. The number of benzene rings is 2. The summed E-state index contributed by atoms with van der Waals surface area (Å²) < 4.78 is 15.7. The van der Waals surface area contributed by atoms with Crippen molar-refractivity contribution in [2.24, 2.45) is 0 Å². The van der Waals surface area contributed by atoms with Gasteiger partial charge in [-0.1, -0.05) is 6.92 Å². The number of aromatic hydroxyl groups is 1. The molecule has 0 aliphatic rings. The fraction of sp³-hybridized carbons (Fsp3) is 0.333. The van der Waals surface area contributed by atoms with Gasteiger partial charge in [0.1, 0.15) is 5.78 Å². The van der Waals surface area contributed by atoms with E-state index in [9.17, 15) is 14.7 Å². The standard InChI is InChI=1S/C21H24O6/c1-6-14(12(2)22)15-10-19(26-4)20(27-5)11-16(15)21(24)13-7-8-18(25-3)17(23)9-13/h7-11,14,23H,6H2,1-5H3. The number of Topliss-reactive ketones (excluding diaryl/α,β-unsaturated/α-hetero) is 1. The lowest BCUT2D eigenvalue weighted by Crippen LogP contribution is -2.15. The number of hydrogen-bond donors (Lipinski definition) is 1. The predicted octanol–water partition coefficient (Wildman–Crippen LogP) is 3.73. The molecule has 0 amide bonds. The van der Waals surface area contributed by atoms with E-state index in [1.54, 1.807) is 18.2 Å². The molecular weight excluding hydrogens is 348 g/mol. The van der Waals surface area contributed by atoms with Gasteiger partial charge in [-0.15, -0.1) is 0 Å². The van der Waals surface area contributed by atoms with Crippen molar-refractivity contribution in [2.45, 2.75) is 26.2 Å². The molecule has 2 rings (SSSR count). The minimum absolute atomic E-state index is 0.0450. The van der Waals surface area contributed by atoms with E-state index in [1.807, 2.05) is 6.92 Å². The molecule has 0 bridgehead atoms. The largest absolute Gasteiger partial charge is 0.504 e. The molecule has 1 atom stereocenters. The summed E-state index contributed by atoms with van der Waals surface area (Å²) in [5.41, 5.74) is 1.18. The van der Waals surface area contributed by atoms with Crippen LogP contribution >= 0.6 is 0 Å². The monoisotopic (exact) mass is 372 g/mol. The van der Waals surface area contributed by atoms with Crippen LogP contribution in [0.2, 0.25) is 0 Å². The summed E-state index contributed by atoms with van der Waals surface area (Å²) in [4.78, 5) is 25.3. The molecule has 0 fully saturated rings. The van der Waals surface area contributed by atoms with Gasteiger partial charge in [0, 0.05) is 17.0 Å². The highest BCUT2D eigenvalue weighted by Gasteiger charge is 2.25. The summed E-state index contributed by atoms with van der Waals surface area (Å²) in [7, 11) is 4.41. The van der Waals surface area contributed by atoms with Crippen molar-refractivity contribution < 1.29 is 28.9 Å². The third kappa shape index (κ3) is 4.05. The molecule has 6 nitrogen and oxygen atoms in total. The minimum Gasteiger partial charge on any atom is -0.504 e. The second-order valence-electron chi connectivity index (χ2n) is 6.08. The first-order valence-corrected chi connectivity index (χ1v) is 8.55. The predicted molar refractivity (Wildman–Crippen MR) is 101 cm³/mol. The van der Waals surface area contributed by atoms with Crippen LogP contribution in [0.3, 0.4) is 0 Å². The molecular formula is C21H24O6. The summed E-state index contributed by atoms with van der Waals surface area (Å²) in [6.07, 6.45) is 0.541. The average molecular weight is 372 g/mol. The van der Waals surface area contributed by atoms with Crippen LogP contribution in [0.4, 0.5) is 0 Å². The van der Waals surface area contributed by atoms with Gasteiger partial charge in [-0.25, -0.2) is 0 Å². The molecule has 2 aromatic rings. The van der Waals surface area contributed by atoms with Crippen molar-refractivity contribution in [1.82, 2.24) is 0 Å². The molecule has 144 valence electrons. The zero-order valence-corrected chi connectivity index (χ0v) is 16.2. The van der Waals surface area contributed by atoms with Gasteiger partial charge in [-0.2, -0.15) is 0 Å². The van der Waals surface area contributed by atoms with E-state index in [0.29, 0.717) is 29.0 Å². The van der Waals surface area contributed by atoms with E-state index in [4.69, 9.17) is 14.2 Å². The second kappa shape index (κ2) is 8.58. The molecule has 0 saturated heterocycles. The molecule has 0 aliphatic heterocycles. The summed E-state index contributed by atoms with van der Waals surface area (Å²) in [5.74, 6) is 0.149. The van der Waals surface area contributed by atoms with Gasteiger partial charge in [0.05, 0.1) is 21.3 Å². The smallest absolute Gasteiger partial charge is 0.193 e. The molecule has 0 spiro atoms. The highest BCUT2D eigenvalue weighted by Crippen LogP contribution is 2.37. The molecule has 2 aromatic carbocycles. The van der Waals surface area contributed by atoms with Gasteiger partial charge in [-0.05, 0) is 49.2 Å². The van der Waals surface area contributed by atoms with Crippen LogP contribution < -0.4 is 14.2 Å². The van der Waals surface area contributed by atoms with Gasteiger partial charge in [0.15, 0.2) is 28.8 Å². The Balaban J connectivity index is 2.67. The topological polar surface area (TPSA) is 82.1 Å². The summed E-state index contributed by atoms with van der Waals surface area (Å²) in [6, 6.07) is 7.67. The third-order valence-electron chi connectivity index (χ3n) is 4.52. The Hall–Kier alpha value is -3.02. The number of ether oxygens (including phenoxy) is 3. The number of rotatable bonds is 8. The van der Waals surface area contributed by atoms with E-state index >= 15 is 0 Å². The maximum absolute atomic E-state index is 13.2. The molecule has 1 N–H and O–H groups in total. The lowest BCUT2D eigenvalue weighted by Gasteiger charge is -2.19. The van der Waals surface area contributed by atoms with E-state index in [-0.39, 0.29) is 28.6 Å². The van der Waals surface area contributed by atoms with E-state index < -0.39 is 5.92 Å². The SMILES string of the molecule is CCC(C(C)=O)c1cc(OC)c(OC)cc1C(=O)c1ccc(OC)c(O)c1. The van der Waals surface area contributed by atoms with Crippen molar-refractivity contribution >= 4 is 11.6 Å². The fourth-order valence-corrected chi connectivity index (χ4v) is 3.09. The van der Waals surface area contributed by atoms with Crippen LogP contribution in [0.1, 0.15) is 47.7 Å². The lowest BCUT2D eigenvalue weighted by molar-refractivity contribution is -0.118. The molecule has 0 heterocycles. The van der Waals surface area contributed by atoms with Crippen LogP contribution in [0, 0.1) is 0 Å². The van der Waals surface area contributed by atoms with Gasteiger partial charge in [0.25, 0.3) is 0 Å². The highest BCUT2D eigenvalue weighted by molar-refractivity contribution is 6.11. The Kier molecular flexibility index (Phi) is 6.45. The number of carbonyl (C=O) groups is 2. The van der Waals surface area contributed by atoms with Crippen LogP contribution in [0.5, 0.6) is 23.0 Å². The molecule has 0 aromatic heterocycles.